The molecule has 29 heavy (non-hydrogen) atoms. The largest absolute Gasteiger partial charge is 0.366 e. The highest BCUT2D eigenvalue weighted by atomic mass is 19.1. The van der Waals surface area contributed by atoms with Crippen molar-refractivity contribution in [2.24, 2.45) is 17.5 Å². The summed E-state index contributed by atoms with van der Waals surface area (Å²) in [5.41, 5.74) is 5.58. The summed E-state index contributed by atoms with van der Waals surface area (Å²) in [5, 5.41) is 1.55. The number of hydrogen-bond acceptors (Lipinski definition) is 7. The zero-order chi connectivity index (χ0) is 20.4. The van der Waals surface area contributed by atoms with E-state index in [9.17, 15) is 9.59 Å². The highest BCUT2D eigenvalue weighted by Crippen LogP contribution is 2.44. The summed E-state index contributed by atoms with van der Waals surface area (Å²) >= 11 is 0. The number of nitrogens with zero attached hydrogens (tertiary/aromatic N) is 2. The SMILES string of the molecule is NCC1CCN(c2c(F)c(NN)c3c(=O)c4c(=O)[nH]oc4n(C4CC4)c3c2F)C1. The predicted octanol–water partition coefficient (Wildman–Crippen LogP) is 1.12. The van der Waals surface area contributed by atoms with E-state index in [1.807, 2.05) is 0 Å². The van der Waals surface area contributed by atoms with Crippen LogP contribution in [-0.4, -0.2) is 29.4 Å². The van der Waals surface area contributed by atoms with Gasteiger partial charge in [-0.2, -0.15) is 5.16 Å². The Kier molecular flexibility index (Phi) is 3.93. The lowest BCUT2D eigenvalue weighted by molar-refractivity contribution is 0.428. The molecule has 6 N–H and O–H groups in total. The molecule has 1 saturated heterocycles. The maximum Gasteiger partial charge on any atom is 0.293 e. The molecule has 2 fully saturated rings. The Morgan fingerprint density at radius 2 is 1.93 bits per heavy atom. The van der Waals surface area contributed by atoms with Gasteiger partial charge in [0, 0.05) is 19.1 Å². The molecule has 9 nitrogen and oxygen atoms in total. The van der Waals surface area contributed by atoms with Crippen molar-refractivity contribution >= 4 is 33.4 Å². The summed E-state index contributed by atoms with van der Waals surface area (Å²) < 4.78 is 37.9. The summed E-state index contributed by atoms with van der Waals surface area (Å²) in [6, 6.07) is -0.159. The van der Waals surface area contributed by atoms with Crippen molar-refractivity contribution in [1.82, 2.24) is 9.72 Å². The van der Waals surface area contributed by atoms with Crippen molar-refractivity contribution < 1.29 is 13.3 Å². The highest BCUT2D eigenvalue weighted by Gasteiger charge is 2.36. The Morgan fingerprint density at radius 3 is 2.55 bits per heavy atom. The van der Waals surface area contributed by atoms with E-state index in [0.29, 0.717) is 26.1 Å². The molecular weight excluding hydrogens is 386 g/mol. The number of pyridine rings is 1. The monoisotopic (exact) mass is 406 g/mol. The molecule has 3 aromatic rings. The van der Waals surface area contributed by atoms with Gasteiger partial charge in [0.15, 0.2) is 17.0 Å². The minimum Gasteiger partial charge on any atom is -0.366 e. The molecular formula is C18H20F2N6O3. The van der Waals surface area contributed by atoms with E-state index in [4.69, 9.17) is 16.1 Å². The van der Waals surface area contributed by atoms with Gasteiger partial charge in [0.25, 0.3) is 5.56 Å². The van der Waals surface area contributed by atoms with E-state index >= 15 is 8.78 Å². The molecule has 1 aliphatic heterocycles. The molecule has 1 aliphatic carbocycles. The Labute approximate surface area is 162 Å². The first-order valence-electron chi connectivity index (χ1n) is 9.49. The van der Waals surface area contributed by atoms with E-state index in [1.54, 1.807) is 4.90 Å². The third-order valence-electron chi connectivity index (χ3n) is 5.92. The Balaban J connectivity index is 1.93. The van der Waals surface area contributed by atoms with Crippen LogP contribution < -0.4 is 32.9 Å². The standard InChI is InChI=1S/C18H20F2N6O3/c19-11-13(23-22)9-14(12(20)15(11)25-4-3-7(5-21)6-25)26(8-1-2-8)18-10(16(9)27)17(28)24-29-18/h7-8,23H,1-6,21-22H2,(H,24,28). The lowest BCUT2D eigenvalue weighted by atomic mass is 10.1. The molecule has 0 bridgehead atoms. The number of rotatable bonds is 4. The van der Waals surface area contributed by atoms with Gasteiger partial charge in [-0.05, 0) is 31.7 Å². The van der Waals surface area contributed by atoms with Crippen molar-refractivity contribution in [3.05, 3.63) is 32.2 Å². The molecule has 0 amide bonds. The number of nitrogens with two attached hydrogens (primary N) is 2. The highest BCUT2D eigenvalue weighted by molar-refractivity contribution is 6.01. The van der Waals surface area contributed by atoms with Crippen LogP contribution in [0.15, 0.2) is 14.1 Å². The third-order valence-corrected chi connectivity index (χ3v) is 5.92. The predicted molar refractivity (Wildman–Crippen MR) is 104 cm³/mol. The average molecular weight is 406 g/mol. The van der Waals surface area contributed by atoms with E-state index in [1.165, 1.54) is 4.57 Å². The van der Waals surface area contributed by atoms with Crippen LogP contribution in [0.25, 0.3) is 22.0 Å². The molecule has 5 rings (SSSR count). The summed E-state index contributed by atoms with van der Waals surface area (Å²) in [5.74, 6) is 3.83. The number of hydrogen-bond donors (Lipinski definition) is 4. The van der Waals surface area contributed by atoms with Crippen molar-refractivity contribution in [3.8, 4) is 0 Å². The van der Waals surface area contributed by atoms with Gasteiger partial charge in [0.05, 0.1) is 10.9 Å². The smallest absolute Gasteiger partial charge is 0.293 e. The Bertz CT molecular complexity index is 1260. The molecule has 2 aromatic heterocycles. The van der Waals surface area contributed by atoms with Gasteiger partial charge in [0.2, 0.25) is 11.1 Å². The van der Waals surface area contributed by atoms with Crippen molar-refractivity contribution in [3.63, 3.8) is 0 Å². The fourth-order valence-electron chi connectivity index (χ4n) is 4.32. The van der Waals surface area contributed by atoms with Crippen molar-refractivity contribution in [2.45, 2.75) is 25.3 Å². The second kappa shape index (κ2) is 6.29. The first kappa shape index (κ1) is 18.1. The number of aromatic amines is 1. The fourth-order valence-corrected chi connectivity index (χ4v) is 4.32. The second-order valence-electron chi connectivity index (χ2n) is 7.70. The maximum absolute atomic E-state index is 15.8. The lowest BCUT2D eigenvalue weighted by Gasteiger charge is -2.24. The first-order chi connectivity index (χ1) is 14.0. The zero-order valence-electron chi connectivity index (χ0n) is 15.4. The number of nitrogens with one attached hydrogen (secondary N) is 2. The fraction of sp³-hybridized carbons (Fsp3) is 0.444. The van der Waals surface area contributed by atoms with E-state index in [0.717, 1.165) is 12.8 Å². The number of halogens is 2. The normalized spacial score (nSPS) is 19.6. The second-order valence-corrected chi connectivity index (χ2v) is 7.70. The van der Waals surface area contributed by atoms with Crippen LogP contribution in [0.1, 0.15) is 25.3 Å². The van der Waals surface area contributed by atoms with Crippen molar-refractivity contribution in [1.29, 1.82) is 0 Å². The molecule has 154 valence electrons. The van der Waals surface area contributed by atoms with Gasteiger partial charge in [-0.25, -0.2) is 8.78 Å². The van der Waals surface area contributed by atoms with Gasteiger partial charge >= 0.3 is 0 Å². The van der Waals surface area contributed by atoms with Crippen LogP contribution in [0.2, 0.25) is 0 Å². The van der Waals surface area contributed by atoms with Crippen LogP contribution >= 0.6 is 0 Å². The number of benzene rings is 1. The van der Waals surface area contributed by atoms with Crippen LogP contribution in [0, 0.1) is 17.6 Å². The van der Waals surface area contributed by atoms with Crippen LogP contribution in [0.3, 0.4) is 0 Å². The van der Waals surface area contributed by atoms with E-state index in [2.05, 4.69) is 10.6 Å². The summed E-state index contributed by atoms with van der Waals surface area (Å²) in [6.45, 7) is 1.24. The number of nitrogen functional groups attached to an aromatic ring is 1. The molecule has 3 heterocycles. The molecule has 1 atom stereocenters. The lowest BCUT2D eigenvalue weighted by Crippen LogP contribution is -2.27. The number of aromatic nitrogens is 2. The summed E-state index contributed by atoms with van der Waals surface area (Å²) in [4.78, 5) is 26.7. The van der Waals surface area contributed by atoms with Crippen molar-refractivity contribution in [2.75, 3.05) is 30.0 Å². The summed E-state index contributed by atoms with van der Waals surface area (Å²) in [7, 11) is 0. The zero-order valence-corrected chi connectivity index (χ0v) is 15.4. The topological polar surface area (TPSA) is 135 Å². The van der Waals surface area contributed by atoms with Gasteiger partial charge in [0.1, 0.15) is 11.4 Å². The minimum atomic E-state index is -0.964. The average Bonchev–Trinajstić information content (AvgIpc) is 3.30. The molecule has 0 radical (unpaired) electrons. The summed E-state index contributed by atoms with van der Waals surface area (Å²) in [6.07, 6.45) is 2.15. The van der Waals surface area contributed by atoms with E-state index < -0.39 is 22.6 Å². The molecule has 11 heteroatoms. The molecule has 1 unspecified atom stereocenters. The molecule has 1 saturated carbocycles. The van der Waals surface area contributed by atoms with Gasteiger partial charge in [-0.3, -0.25) is 15.4 Å². The minimum absolute atomic E-state index is 0.0457. The number of fused-ring (bicyclic) bond motifs is 2. The molecule has 2 aliphatic rings. The van der Waals surface area contributed by atoms with Crippen LogP contribution in [0.5, 0.6) is 0 Å². The maximum atomic E-state index is 15.8. The Morgan fingerprint density at radius 1 is 1.17 bits per heavy atom. The quantitative estimate of drug-likeness (QED) is 0.377. The third kappa shape index (κ3) is 2.43. The van der Waals surface area contributed by atoms with Crippen LogP contribution in [-0.2, 0) is 0 Å². The van der Waals surface area contributed by atoms with Crippen LogP contribution in [0.4, 0.5) is 20.2 Å². The van der Waals surface area contributed by atoms with Gasteiger partial charge < -0.3 is 25.1 Å². The van der Waals surface area contributed by atoms with Gasteiger partial charge in [-0.1, -0.05) is 0 Å². The number of anilines is 2. The number of hydrazine groups is 1. The Hall–Kier alpha value is -2.92. The number of H-pyrrole nitrogens is 1. The van der Waals surface area contributed by atoms with E-state index in [-0.39, 0.29) is 45.3 Å². The molecule has 0 spiro atoms. The molecule has 1 aromatic carbocycles. The van der Waals surface area contributed by atoms with Gasteiger partial charge in [-0.15, -0.1) is 0 Å². The first-order valence-corrected chi connectivity index (χ1v) is 9.49.